The van der Waals surface area contributed by atoms with Gasteiger partial charge in [-0.2, -0.15) is 0 Å². The minimum atomic E-state index is -3.54. The molecule has 0 unspecified atom stereocenters. The number of piperidine rings is 1. The molecular weight excluding hydrogens is 400 g/mol. The van der Waals surface area contributed by atoms with E-state index in [0.717, 1.165) is 16.3 Å². The fraction of sp³-hybridized carbons (Fsp3) is 0.556. The predicted molar refractivity (Wildman–Crippen MR) is 109 cm³/mol. The number of sulfonamides is 1. The van der Waals surface area contributed by atoms with Gasteiger partial charge in [0, 0.05) is 50.3 Å². The number of nitrogens with zero attached hydrogens (tertiary/aromatic N) is 3. The average molecular weight is 427 g/mol. The van der Waals surface area contributed by atoms with Crippen LogP contribution in [0, 0.1) is 5.92 Å². The Balaban J connectivity index is 1.75. The van der Waals surface area contributed by atoms with Crippen molar-refractivity contribution in [3.05, 3.63) is 18.2 Å². The predicted octanol–water partition coefficient (Wildman–Crippen LogP) is 0.573. The lowest BCUT2D eigenvalue weighted by Crippen LogP contribution is -2.46. The van der Waals surface area contributed by atoms with Crippen LogP contribution >= 0.6 is 11.8 Å². The first kappa shape index (κ1) is 20.9. The number of nitrogens with two attached hydrogens (primary N) is 1. The van der Waals surface area contributed by atoms with Gasteiger partial charge in [-0.3, -0.25) is 9.59 Å². The van der Waals surface area contributed by atoms with Crippen molar-refractivity contribution in [1.82, 2.24) is 9.21 Å². The van der Waals surface area contributed by atoms with Crippen LogP contribution < -0.4 is 10.6 Å². The summed E-state index contributed by atoms with van der Waals surface area (Å²) >= 11 is 1.66. The number of hydrogen-bond donors (Lipinski definition) is 1. The third-order valence-electron chi connectivity index (χ3n) is 5.24. The zero-order valence-corrected chi connectivity index (χ0v) is 17.8. The zero-order valence-electron chi connectivity index (χ0n) is 16.1. The monoisotopic (exact) mass is 426 g/mol. The van der Waals surface area contributed by atoms with Crippen LogP contribution in [0.25, 0.3) is 0 Å². The van der Waals surface area contributed by atoms with Crippen LogP contribution in [0.2, 0.25) is 0 Å². The molecule has 2 N–H and O–H groups in total. The highest BCUT2D eigenvalue weighted by atomic mass is 32.2. The summed E-state index contributed by atoms with van der Waals surface area (Å²) in [6.45, 7) is 1.92. The minimum Gasteiger partial charge on any atom is -0.369 e. The second-order valence-corrected chi connectivity index (χ2v) is 10.5. The van der Waals surface area contributed by atoms with Crippen molar-refractivity contribution in [1.29, 1.82) is 0 Å². The molecule has 0 saturated carbocycles. The Bertz CT molecular complexity index is 864. The van der Waals surface area contributed by atoms with Crippen LogP contribution in [0.15, 0.2) is 28.0 Å². The number of carbonyl (C=O) groups excluding carboxylic acids is 2. The number of benzene rings is 1. The molecule has 1 aromatic carbocycles. The summed E-state index contributed by atoms with van der Waals surface area (Å²) in [7, 11) is -0.538. The molecule has 10 heteroatoms. The molecule has 2 amide bonds. The van der Waals surface area contributed by atoms with Gasteiger partial charge >= 0.3 is 0 Å². The summed E-state index contributed by atoms with van der Waals surface area (Å²) in [6, 6.07) is 5.08. The van der Waals surface area contributed by atoms with Gasteiger partial charge in [-0.25, -0.2) is 12.7 Å². The fourth-order valence-corrected chi connectivity index (χ4v) is 5.42. The fourth-order valence-electron chi connectivity index (χ4n) is 3.46. The van der Waals surface area contributed by atoms with Gasteiger partial charge in [0.15, 0.2) is 0 Å². The van der Waals surface area contributed by atoms with Crippen LogP contribution in [0.3, 0.4) is 0 Å². The van der Waals surface area contributed by atoms with E-state index in [1.165, 1.54) is 18.4 Å². The largest absolute Gasteiger partial charge is 0.369 e. The Morgan fingerprint density at radius 2 is 1.89 bits per heavy atom. The molecule has 2 aliphatic rings. The van der Waals surface area contributed by atoms with E-state index in [4.69, 9.17) is 5.73 Å². The Kier molecular flexibility index (Phi) is 6.21. The number of rotatable bonds is 5. The second-order valence-electron chi connectivity index (χ2n) is 7.24. The van der Waals surface area contributed by atoms with E-state index in [1.54, 1.807) is 28.8 Å². The lowest BCUT2D eigenvalue weighted by atomic mass is 9.96. The van der Waals surface area contributed by atoms with Crippen molar-refractivity contribution in [2.45, 2.75) is 22.6 Å². The van der Waals surface area contributed by atoms with Gasteiger partial charge in [-0.15, -0.1) is 11.8 Å². The summed E-state index contributed by atoms with van der Waals surface area (Å²) in [5.41, 5.74) is 6.13. The van der Waals surface area contributed by atoms with Crippen LogP contribution in [0.5, 0.6) is 0 Å². The number of amides is 2. The lowest BCUT2D eigenvalue weighted by Gasteiger charge is -2.35. The van der Waals surface area contributed by atoms with Crippen molar-refractivity contribution in [2.24, 2.45) is 11.7 Å². The van der Waals surface area contributed by atoms with Gasteiger partial charge in [0.2, 0.25) is 21.8 Å². The highest BCUT2D eigenvalue weighted by Gasteiger charge is 2.29. The molecule has 1 aromatic rings. The SMILES string of the molecule is CN(C)S(=O)(=O)c1ccc2c(c1)N(CC(=O)N1CCC(C(N)=O)CC1)CCS2. The minimum absolute atomic E-state index is 0.0124. The Morgan fingerprint density at radius 1 is 1.21 bits per heavy atom. The van der Waals surface area contributed by atoms with E-state index in [0.29, 0.717) is 32.5 Å². The maximum atomic E-state index is 12.8. The number of fused-ring (bicyclic) bond motifs is 1. The number of carbonyl (C=O) groups is 2. The van der Waals surface area contributed by atoms with E-state index in [-0.39, 0.29) is 29.2 Å². The van der Waals surface area contributed by atoms with Crippen LogP contribution in [0.1, 0.15) is 12.8 Å². The molecule has 3 rings (SSSR count). The number of likely N-dealkylation sites (tertiary alicyclic amines) is 1. The van der Waals surface area contributed by atoms with Crippen molar-refractivity contribution < 1.29 is 18.0 Å². The molecule has 1 saturated heterocycles. The molecule has 28 heavy (non-hydrogen) atoms. The van der Waals surface area contributed by atoms with Gasteiger partial charge in [-0.1, -0.05) is 0 Å². The van der Waals surface area contributed by atoms with E-state index < -0.39 is 10.0 Å². The molecule has 154 valence electrons. The quantitative estimate of drug-likeness (QED) is 0.738. The summed E-state index contributed by atoms with van der Waals surface area (Å²) in [5.74, 6) is 0.365. The normalized spacial score (nSPS) is 18.2. The molecule has 0 atom stereocenters. The third kappa shape index (κ3) is 4.28. The van der Waals surface area contributed by atoms with Gasteiger partial charge in [0.05, 0.1) is 17.1 Å². The van der Waals surface area contributed by atoms with Crippen molar-refractivity contribution in [2.75, 3.05) is 50.9 Å². The van der Waals surface area contributed by atoms with Gasteiger partial charge in [0.1, 0.15) is 0 Å². The summed E-state index contributed by atoms with van der Waals surface area (Å²) in [5, 5.41) is 0. The van der Waals surface area contributed by atoms with Gasteiger partial charge in [0.25, 0.3) is 0 Å². The molecule has 2 heterocycles. The second kappa shape index (κ2) is 8.30. The first-order chi connectivity index (χ1) is 13.2. The molecule has 0 bridgehead atoms. The Hall–Kier alpha value is -1.78. The molecule has 1 fully saturated rings. The van der Waals surface area contributed by atoms with Crippen molar-refractivity contribution in [3.63, 3.8) is 0 Å². The van der Waals surface area contributed by atoms with E-state index >= 15 is 0 Å². The standard InChI is InChI=1S/C18H26N4O4S2/c1-20(2)28(25,26)14-3-4-16-15(11-14)22(9-10-27-16)12-17(23)21-7-5-13(6-8-21)18(19)24/h3-4,11,13H,5-10,12H2,1-2H3,(H2,19,24). The summed E-state index contributed by atoms with van der Waals surface area (Å²) < 4.78 is 26.1. The number of thioether (sulfide) groups is 1. The van der Waals surface area contributed by atoms with Crippen molar-refractivity contribution in [3.8, 4) is 0 Å². The number of hydrogen-bond acceptors (Lipinski definition) is 6. The smallest absolute Gasteiger partial charge is 0.242 e. The summed E-state index contributed by atoms with van der Waals surface area (Å²) in [6.07, 6.45) is 1.19. The van der Waals surface area contributed by atoms with E-state index in [2.05, 4.69) is 0 Å². The maximum Gasteiger partial charge on any atom is 0.242 e. The van der Waals surface area contributed by atoms with Crippen LogP contribution in [0.4, 0.5) is 5.69 Å². The van der Waals surface area contributed by atoms with Gasteiger partial charge < -0.3 is 15.5 Å². The molecule has 0 aliphatic carbocycles. The van der Waals surface area contributed by atoms with Crippen LogP contribution in [-0.2, 0) is 19.6 Å². The maximum absolute atomic E-state index is 12.8. The lowest BCUT2D eigenvalue weighted by molar-refractivity contribution is -0.133. The summed E-state index contributed by atoms with van der Waals surface area (Å²) in [4.78, 5) is 29.0. The zero-order chi connectivity index (χ0) is 20.5. The van der Waals surface area contributed by atoms with Crippen LogP contribution in [-0.4, -0.2) is 75.5 Å². The molecule has 2 aliphatic heterocycles. The first-order valence-electron chi connectivity index (χ1n) is 9.21. The van der Waals surface area contributed by atoms with Gasteiger partial charge in [-0.05, 0) is 31.0 Å². The molecule has 8 nitrogen and oxygen atoms in total. The molecule has 0 radical (unpaired) electrons. The first-order valence-corrected chi connectivity index (χ1v) is 11.6. The highest BCUT2D eigenvalue weighted by Crippen LogP contribution is 2.36. The number of anilines is 1. The number of primary amides is 1. The van der Waals surface area contributed by atoms with Crippen molar-refractivity contribution >= 4 is 39.3 Å². The highest BCUT2D eigenvalue weighted by molar-refractivity contribution is 7.99. The average Bonchev–Trinajstić information content (AvgIpc) is 2.67. The third-order valence-corrected chi connectivity index (χ3v) is 8.10. The topological polar surface area (TPSA) is 104 Å². The molecular formula is C18H26N4O4S2. The molecule has 0 spiro atoms. The Morgan fingerprint density at radius 3 is 2.50 bits per heavy atom. The van der Waals surface area contributed by atoms with E-state index in [1.807, 2.05) is 11.0 Å². The molecule has 0 aromatic heterocycles. The Labute approximate surface area is 170 Å². The van der Waals surface area contributed by atoms with E-state index in [9.17, 15) is 18.0 Å².